The second-order valence-electron chi connectivity index (χ2n) is 5.08. The van der Waals surface area contributed by atoms with Crippen molar-refractivity contribution in [1.82, 2.24) is 10.6 Å². The predicted octanol–water partition coefficient (Wildman–Crippen LogP) is 0.723. The number of benzene rings is 1. The Labute approximate surface area is 139 Å². The molecule has 3 N–H and O–H groups in total. The molecular weight excluding hydrogens is 316 g/mol. The summed E-state index contributed by atoms with van der Waals surface area (Å²) in [5.41, 5.74) is 0.893. The molecule has 1 aliphatic rings. The van der Waals surface area contributed by atoms with Gasteiger partial charge in [0, 0.05) is 5.70 Å². The third-order valence-electron chi connectivity index (χ3n) is 3.62. The zero-order valence-corrected chi connectivity index (χ0v) is 13.5. The first-order valence-electron chi connectivity index (χ1n) is 7.27. The molecular formula is C16H20N2O6. The van der Waals surface area contributed by atoms with E-state index in [1.165, 1.54) is 14.2 Å². The van der Waals surface area contributed by atoms with Crippen molar-refractivity contribution in [2.75, 3.05) is 27.4 Å². The van der Waals surface area contributed by atoms with E-state index in [0.29, 0.717) is 17.1 Å². The number of hydrogen-bond acceptors (Lipinski definition) is 6. The van der Waals surface area contributed by atoms with E-state index in [1.54, 1.807) is 18.2 Å². The molecule has 0 aliphatic carbocycles. The fourth-order valence-corrected chi connectivity index (χ4v) is 2.52. The molecule has 1 aromatic carbocycles. The number of aliphatic hydroxyl groups excluding tert-OH is 1. The number of aliphatic hydroxyl groups is 1. The van der Waals surface area contributed by atoms with Gasteiger partial charge in [-0.3, -0.25) is 4.79 Å². The highest BCUT2D eigenvalue weighted by atomic mass is 16.5. The molecule has 1 aliphatic heterocycles. The first-order valence-corrected chi connectivity index (χ1v) is 7.27. The maximum atomic E-state index is 12.1. The molecule has 1 saturated heterocycles. The minimum Gasteiger partial charge on any atom is -0.493 e. The van der Waals surface area contributed by atoms with Crippen LogP contribution in [0.2, 0.25) is 0 Å². The SMILES string of the molecule is C=C1NC(=O)N[C@H](c2ccc(OCCO)c(OC)c2)[C@@H]1C(=O)OC. The molecule has 1 fully saturated rings. The quantitative estimate of drug-likeness (QED) is 0.661. The van der Waals surface area contributed by atoms with Gasteiger partial charge < -0.3 is 30.0 Å². The molecule has 8 heteroatoms. The van der Waals surface area contributed by atoms with Gasteiger partial charge in [0.15, 0.2) is 11.5 Å². The molecule has 1 aromatic rings. The Morgan fingerprint density at radius 1 is 1.33 bits per heavy atom. The van der Waals surface area contributed by atoms with Crippen LogP contribution in [0.3, 0.4) is 0 Å². The monoisotopic (exact) mass is 336 g/mol. The summed E-state index contributed by atoms with van der Waals surface area (Å²) in [7, 11) is 2.75. The molecule has 0 unspecified atom stereocenters. The second-order valence-corrected chi connectivity index (χ2v) is 5.08. The van der Waals surface area contributed by atoms with Crippen LogP contribution >= 0.6 is 0 Å². The van der Waals surface area contributed by atoms with E-state index in [9.17, 15) is 9.59 Å². The molecule has 2 atom stereocenters. The van der Waals surface area contributed by atoms with Gasteiger partial charge in [0.1, 0.15) is 12.5 Å². The molecule has 0 aromatic heterocycles. The highest BCUT2D eigenvalue weighted by Crippen LogP contribution is 2.35. The number of methoxy groups -OCH3 is 2. The summed E-state index contributed by atoms with van der Waals surface area (Å²) >= 11 is 0. The van der Waals surface area contributed by atoms with Crippen LogP contribution in [0.25, 0.3) is 0 Å². The summed E-state index contributed by atoms with van der Waals surface area (Å²) in [6.07, 6.45) is 0. The fraction of sp³-hybridized carbons (Fsp3) is 0.375. The maximum absolute atomic E-state index is 12.1. The van der Waals surface area contributed by atoms with Crippen LogP contribution < -0.4 is 20.1 Å². The lowest BCUT2D eigenvalue weighted by Crippen LogP contribution is -2.51. The van der Waals surface area contributed by atoms with Gasteiger partial charge in [-0.1, -0.05) is 12.6 Å². The minimum atomic E-state index is -0.776. The topological polar surface area (TPSA) is 106 Å². The predicted molar refractivity (Wildman–Crippen MR) is 84.6 cm³/mol. The zero-order valence-electron chi connectivity index (χ0n) is 13.5. The molecule has 24 heavy (non-hydrogen) atoms. The van der Waals surface area contributed by atoms with Crippen molar-refractivity contribution in [3.63, 3.8) is 0 Å². The van der Waals surface area contributed by atoms with Crippen LogP contribution in [0.4, 0.5) is 4.79 Å². The summed E-state index contributed by atoms with van der Waals surface area (Å²) in [4.78, 5) is 23.8. The zero-order chi connectivity index (χ0) is 17.7. The van der Waals surface area contributed by atoms with E-state index in [1.807, 2.05) is 0 Å². The van der Waals surface area contributed by atoms with Gasteiger partial charge in [0.2, 0.25) is 0 Å². The standard InChI is InChI=1S/C16H20N2O6/c1-9-13(15(20)23-3)14(18-16(21)17-9)10-4-5-11(24-7-6-19)12(8-10)22-2/h4-5,8,13-14,19H,1,6-7H2,2-3H3,(H2,17,18,21)/t13-,14-/m1/s1. The highest BCUT2D eigenvalue weighted by Gasteiger charge is 2.38. The van der Waals surface area contributed by atoms with Gasteiger partial charge in [-0.25, -0.2) is 4.79 Å². The molecule has 0 saturated carbocycles. The van der Waals surface area contributed by atoms with Crippen LogP contribution in [-0.2, 0) is 9.53 Å². The Balaban J connectivity index is 2.37. The number of nitrogens with one attached hydrogen (secondary N) is 2. The van der Waals surface area contributed by atoms with Crippen molar-refractivity contribution < 1.29 is 28.9 Å². The molecule has 1 heterocycles. The second kappa shape index (κ2) is 7.69. The first kappa shape index (κ1) is 17.6. The first-order chi connectivity index (χ1) is 11.5. The summed E-state index contributed by atoms with van der Waals surface area (Å²) in [6, 6.07) is 3.90. The van der Waals surface area contributed by atoms with Crippen molar-refractivity contribution in [3.8, 4) is 11.5 Å². The average molecular weight is 336 g/mol. The number of urea groups is 1. The van der Waals surface area contributed by atoms with Crippen LogP contribution in [0.15, 0.2) is 30.5 Å². The average Bonchev–Trinajstić information content (AvgIpc) is 2.58. The number of amides is 2. The van der Waals surface area contributed by atoms with Gasteiger partial charge in [0.05, 0.1) is 26.9 Å². The summed E-state index contributed by atoms with van der Waals surface area (Å²) in [6.45, 7) is 3.74. The van der Waals surface area contributed by atoms with Crippen LogP contribution in [0.1, 0.15) is 11.6 Å². The van der Waals surface area contributed by atoms with Crippen LogP contribution in [-0.4, -0.2) is 44.5 Å². The smallest absolute Gasteiger partial charge is 0.319 e. The van der Waals surface area contributed by atoms with Crippen molar-refractivity contribution in [2.24, 2.45) is 5.92 Å². The number of esters is 1. The van der Waals surface area contributed by atoms with Crippen molar-refractivity contribution in [1.29, 1.82) is 0 Å². The maximum Gasteiger partial charge on any atom is 0.319 e. The largest absolute Gasteiger partial charge is 0.493 e. The third-order valence-corrected chi connectivity index (χ3v) is 3.62. The molecule has 8 nitrogen and oxygen atoms in total. The lowest BCUT2D eigenvalue weighted by molar-refractivity contribution is -0.145. The summed E-state index contributed by atoms with van der Waals surface area (Å²) < 4.78 is 15.5. The minimum absolute atomic E-state index is 0.125. The van der Waals surface area contributed by atoms with Crippen LogP contribution in [0.5, 0.6) is 11.5 Å². The van der Waals surface area contributed by atoms with Gasteiger partial charge in [-0.2, -0.15) is 0 Å². The molecule has 0 radical (unpaired) electrons. The van der Waals surface area contributed by atoms with Gasteiger partial charge in [-0.05, 0) is 17.7 Å². The Bertz CT molecular complexity index is 645. The lowest BCUT2D eigenvalue weighted by Gasteiger charge is -2.33. The normalized spacial score (nSPS) is 20.0. The number of hydrogen-bond donors (Lipinski definition) is 3. The number of ether oxygens (including phenoxy) is 3. The lowest BCUT2D eigenvalue weighted by atomic mass is 9.89. The molecule has 2 rings (SSSR count). The Kier molecular flexibility index (Phi) is 5.64. The fourth-order valence-electron chi connectivity index (χ4n) is 2.52. The van der Waals surface area contributed by atoms with E-state index in [2.05, 4.69) is 17.2 Å². The molecule has 0 bridgehead atoms. The number of carbonyl (C=O) groups is 2. The van der Waals surface area contributed by atoms with Crippen LogP contribution in [0, 0.1) is 5.92 Å². The van der Waals surface area contributed by atoms with Gasteiger partial charge in [0.25, 0.3) is 0 Å². The van der Waals surface area contributed by atoms with Crippen molar-refractivity contribution >= 4 is 12.0 Å². The number of rotatable bonds is 6. The molecule has 0 spiro atoms. The highest BCUT2D eigenvalue weighted by molar-refractivity contribution is 5.85. The molecule has 130 valence electrons. The van der Waals surface area contributed by atoms with E-state index >= 15 is 0 Å². The van der Waals surface area contributed by atoms with Crippen molar-refractivity contribution in [3.05, 3.63) is 36.0 Å². The Hall–Kier alpha value is -2.74. The third kappa shape index (κ3) is 3.60. The summed E-state index contributed by atoms with van der Waals surface area (Å²) in [5, 5.41) is 14.0. The molecule has 2 amide bonds. The van der Waals surface area contributed by atoms with Gasteiger partial charge in [-0.15, -0.1) is 0 Å². The Morgan fingerprint density at radius 2 is 2.08 bits per heavy atom. The van der Waals surface area contributed by atoms with E-state index < -0.39 is 24.0 Å². The number of carbonyl (C=O) groups excluding carboxylic acids is 2. The Morgan fingerprint density at radius 3 is 2.71 bits per heavy atom. The van der Waals surface area contributed by atoms with E-state index in [4.69, 9.17) is 19.3 Å². The van der Waals surface area contributed by atoms with Crippen molar-refractivity contribution in [2.45, 2.75) is 6.04 Å². The van der Waals surface area contributed by atoms with E-state index in [-0.39, 0.29) is 18.9 Å². The van der Waals surface area contributed by atoms with Gasteiger partial charge >= 0.3 is 12.0 Å². The van der Waals surface area contributed by atoms with E-state index in [0.717, 1.165) is 0 Å². The summed E-state index contributed by atoms with van der Waals surface area (Å²) in [5.74, 6) is -0.425.